The Kier molecular flexibility index (Phi) is 25.8. The molecule has 0 saturated heterocycles. The van der Waals surface area contributed by atoms with Crippen LogP contribution in [0, 0.1) is 5.92 Å². The summed E-state index contributed by atoms with van der Waals surface area (Å²) < 4.78 is 15.7. The van der Waals surface area contributed by atoms with Crippen molar-refractivity contribution >= 4 is 96.8 Å². The third-order valence-electron chi connectivity index (χ3n) is 17.8. The van der Waals surface area contributed by atoms with E-state index < -0.39 is 22.8 Å². The van der Waals surface area contributed by atoms with Gasteiger partial charge < -0.3 is 23.9 Å². The Morgan fingerprint density at radius 1 is 0.495 bits per heavy atom. The Bertz CT molecular complexity index is 5060. The number of amides is 3. The summed E-state index contributed by atoms with van der Waals surface area (Å²) in [7, 11) is 1.60. The number of rotatable bonds is 23. The Morgan fingerprint density at radius 3 is 1.38 bits per heavy atom. The SMILES string of the molecule is CC(C)CN(C(=O)C(Cl)Cl)C(C)c1nc2ccccc2c(=O)n1-c1ccc(Cl)cc1.CCC(C(=O)N(Cc1ccco1)C(C)c1nc2ccccc2c(=O)n1-c1ccc(Cl)cc1)c1ccccc1.CCCCN(C(=O)c1ccc(OC)cc1)C(CC)c1nc2ccccc2c(=O)n1-c1ccccc1. The molecule has 0 aliphatic heterocycles. The van der Waals surface area contributed by atoms with Crippen molar-refractivity contribution in [1.82, 2.24) is 43.4 Å². The predicted molar refractivity (Wildman–Crippen MR) is 412 cm³/mol. The van der Waals surface area contributed by atoms with E-state index in [4.69, 9.17) is 70.5 Å². The first kappa shape index (κ1) is 75.5. The van der Waals surface area contributed by atoms with Gasteiger partial charge in [0.1, 0.15) is 29.0 Å². The second-order valence-corrected chi connectivity index (χ2v) is 27.1. The van der Waals surface area contributed by atoms with Crippen molar-refractivity contribution in [3.8, 4) is 22.8 Å². The Hall–Kier alpha value is -10.2. The van der Waals surface area contributed by atoms with Gasteiger partial charge in [-0.15, -0.1) is 0 Å². The van der Waals surface area contributed by atoms with E-state index in [1.165, 1.54) is 4.57 Å². The van der Waals surface area contributed by atoms with Crippen LogP contribution >= 0.6 is 46.4 Å². The topological polar surface area (TPSA) is 188 Å². The zero-order valence-electron chi connectivity index (χ0n) is 58.6. The van der Waals surface area contributed by atoms with Gasteiger partial charge in [-0.2, -0.15) is 0 Å². The van der Waals surface area contributed by atoms with E-state index in [1.807, 2.05) is 156 Å². The first-order valence-corrected chi connectivity index (χ1v) is 35.9. The van der Waals surface area contributed by atoms with Crippen molar-refractivity contribution < 1.29 is 23.5 Å². The molecule has 0 N–H and O–H groups in total. The summed E-state index contributed by atoms with van der Waals surface area (Å²) in [5.41, 5.74) is 4.67. The summed E-state index contributed by atoms with van der Waals surface area (Å²) in [6.07, 6.45) is 4.62. The van der Waals surface area contributed by atoms with Crippen molar-refractivity contribution in [2.45, 2.75) is 110 Å². The molecule has 0 aliphatic carbocycles. The number of hydrogen-bond acceptors (Lipinski definition) is 11. The Labute approximate surface area is 618 Å². The molecule has 0 fully saturated rings. The molecular formula is C82H81Cl4N9O8. The quantitative estimate of drug-likeness (QED) is 0.0554. The lowest BCUT2D eigenvalue weighted by Crippen LogP contribution is -2.41. The molecule has 0 aliphatic rings. The molecular weight excluding hydrogens is 1380 g/mol. The fourth-order valence-electron chi connectivity index (χ4n) is 12.6. The standard InChI is InChI=1S/C31H28ClN3O3.C29H31N3O3.C22H22Cl3N3O2/c1-3-26(22-10-5-4-6-11-22)30(36)34(20-25-12-9-19-38-25)21(2)29-33-28-14-8-7-13-27(28)31(37)35(29)24-17-15-23(32)16-18-24;1-4-6-20-31(28(33)21-16-18-23(35-3)19-17-21)26(5-2)27-30-25-15-11-10-14-24(25)29(34)32(27)22-12-8-7-9-13-22;1-13(2)12-27(22(30)19(24)25)14(3)20-26-18-7-5-4-6-17(18)21(29)28(20)16-10-8-15(23)9-11-16/h4-19,21,26H,3,20H2,1-2H3;7-19,26H,4-6,20H2,1-3H3;4-11,13-14,19H,12H2,1-3H3. The molecule has 12 aromatic rings. The number of alkyl halides is 2. The molecule has 4 unspecified atom stereocenters. The molecule has 0 saturated carbocycles. The number of unbranched alkanes of at least 4 members (excludes halogenated alkanes) is 1. The maximum atomic E-state index is 14.2. The van der Waals surface area contributed by atoms with Crippen LogP contribution < -0.4 is 21.4 Å². The molecule has 21 heteroatoms. The van der Waals surface area contributed by atoms with Crippen LogP contribution in [0.2, 0.25) is 10.0 Å². The van der Waals surface area contributed by atoms with Gasteiger partial charge in [-0.05, 0) is 178 Å². The first-order chi connectivity index (χ1) is 49.8. The number of benzene rings is 8. The number of aromatic nitrogens is 6. The molecule has 4 heterocycles. The number of methoxy groups -OCH3 is 1. The smallest absolute Gasteiger partial charge is 0.266 e. The number of halogens is 4. The molecule has 4 aromatic heterocycles. The normalized spacial score (nSPS) is 12.4. The lowest BCUT2D eigenvalue weighted by molar-refractivity contribution is -0.136. The molecule has 103 heavy (non-hydrogen) atoms. The average Bonchev–Trinajstić information content (AvgIpc) is 1.09. The van der Waals surface area contributed by atoms with Crippen LogP contribution in [-0.4, -0.2) is 86.1 Å². The summed E-state index contributed by atoms with van der Waals surface area (Å²) in [6, 6.07) is 64.3. The van der Waals surface area contributed by atoms with Gasteiger partial charge in [0.05, 0.1) is 93.7 Å². The minimum absolute atomic E-state index is 0.0623. The van der Waals surface area contributed by atoms with E-state index in [1.54, 1.807) is 142 Å². The average molecular weight is 1460 g/mol. The van der Waals surface area contributed by atoms with Crippen LogP contribution in [0.25, 0.3) is 49.8 Å². The summed E-state index contributed by atoms with van der Waals surface area (Å²) in [5.74, 6) is 2.02. The highest BCUT2D eigenvalue weighted by Gasteiger charge is 2.35. The number of ether oxygens (including phenoxy) is 1. The second kappa shape index (κ2) is 35.1. The molecule has 8 aromatic carbocycles. The van der Waals surface area contributed by atoms with Crippen molar-refractivity contribution in [3.63, 3.8) is 0 Å². The first-order valence-electron chi connectivity index (χ1n) is 34.3. The summed E-state index contributed by atoms with van der Waals surface area (Å²) in [6.45, 7) is 15.1. The minimum Gasteiger partial charge on any atom is -0.497 e. The van der Waals surface area contributed by atoms with Gasteiger partial charge in [0.2, 0.25) is 5.91 Å². The van der Waals surface area contributed by atoms with Crippen LogP contribution in [0.4, 0.5) is 0 Å². The third-order valence-corrected chi connectivity index (χ3v) is 18.7. The highest BCUT2D eigenvalue weighted by atomic mass is 35.5. The number of carbonyl (C=O) groups is 3. The van der Waals surface area contributed by atoms with Gasteiger partial charge in [-0.25, -0.2) is 15.0 Å². The predicted octanol–water partition coefficient (Wildman–Crippen LogP) is 18.1. The van der Waals surface area contributed by atoms with Gasteiger partial charge >= 0.3 is 0 Å². The van der Waals surface area contributed by atoms with E-state index in [-0.39, 0.29) is 52.9 Å². The van der Waals surface area contributed by atoms with Crippen LogP contribution in [0.1, 0.15) is 137 Å². The van der Waals surface area contributed by atoms with Gasteiger partial charge in [-0.1, -0.05) is 172 Å². The molecule has 0 spiro atoms. The van der Waals surface area contributed by atoms with E-state index in [0.29, 0.717) is 115 Å². The minimum atomic E-state index is -1.21. The fourth-order valence-corrected chi connectivity index (χ4v) is 13.1. The van der Waals surface area contributed by atoms with Gasteiger partial charge in [0.15, 0.2) is 4.84 Å². The van der Waals surface area contributed by atoms with Gasteiger partial charge in [0, 0.05) is 28.7 Å². The third kappa shape index (κ3) is 17.5. The van der Waals surface area contributed by atoms with Crippen LogP contribution in [-0.2, 0) is 16.1 Å². The van der Waals surface area contributed by atoms with Crippen LogP contribution in [0.3, 0.4) is 0 Å². The largest absolute Gasteiger partial charge is 0.497 e. The Morgan fingerprint density at radius 2 is 0.942 bits per heavy atom. The summed E-state index contributed by atoms with van der Waals surface area (Å²) in [5, 5.41) is 2.65. The molecule has 17 nitrogen and oxygen atoms in total. The van der Waals surface area contributed by atoms with Crippen LogP contribution in [0.15, 0.2) is 243 Å². The zero-order valence-corrected chi connectivity index (χ0v) is 61.6. The number of hydrogen-bond donors (Lipinski definition) is 0. The van der Waals surface area contributed by atoms with Gasteiger partial charge in [-0.3, -0.25) is 42.5 Å². The molecule has 0 radical (unpaired) electrons. The van der Waals surface area contributed by atoms with Crippen molar-refractivity contribution in [2.75, 3.05) is 20.2 Å². The van der Waals surface area contributed by atoms with E-state index in [0.717, 1.165) is 24.1 Å². The highest BCUT2D eigenvalue weighted by Crippen LogP contribution is 2.34. The fraction of sp³-hybridized carbons (Fsp3) is 0.256. The number of fused-ring (bicyclic) bond motifs is 3. The molecule has 4 atom stereocenters. The van der Waals surface area contributed by atoms with Crippen molar-refractivity contribution in [2.24, 2.45) is 5.92 Å². The maximum absolute atomic E-state index is 14.2. The molecule has 530 valence electrons. The number of para-hydroxylation sites is 4. The van der Waals surface area contributed by atoms with Crippen molar-refractivity contribution in [3.05, 3.63) is 300 Å². The second-order valence-electron chi connectivity index (χ2n) is 25.1. The number of furan rings is 1. The van der Waals surface area contributed by atoms with E-state index in [9.17, 15) is 28.8 Å². The molecule has 3 amide bonds. The summed E-state index contributed by atoms with van der Waals surface area (Å²) in [4.78, 5) is 100. The molecule has 12 rings (SSSR count). The van der Waals surface area contributed by atoms with Crippen molar-refractivity contribution in [1.29, 1.82) is 0 Å². The summed E-state index contributed by atoms with van der Waals surface area (Å²) >= 11 is 24.0. The highest BCUT2D eigenvalue weighted by molar-refractivity contribution is 6.53. The monoisotopic (exact) mass is 1460 g/mol. The lowest BCUT2D eigenvalue weighted by atomic mass is 9.94. The van der Waals surface area contributed by atoms with E-state index in [2.05, 4.69) is 6.92 Å². The Balaban J connectivity index is 0.000000167. The number of carbonyl (C=O) groups excluding carboxylic acids is 3. The zero-order chi connectivity index (χ0) is 73.4. The lowest BCUT2D eigenvalue weighted by Gasteiger charge is -2.32. The number of nitrogens with zero attached hydrogens (tertiary/aromatic N) is 9. The maximum Gasteiger partial charge on any atom is 0.266 e. The van der Waals surface area contributed by atoms with Gasteiger partial charge in [0.25, 0.3) is 28.5 Å². The van der Waals surface area contributed by atoms with Crippen LogP contribution in [0.5, 0.6) is 5.75 Å². The molecule has 0 bridgehead atoms. The van der Waals surface area contributed by atoms with E-state index >= 15 is 0 Å².